The molecule has 4 aliphatic heterocycles. The van der Waals surface area contributed by atoms with Gasteiger partial charge in [0.2, 0.25) is 12.1 Å². The second kappa shape index (κ2) is 23.1. The number of ketones is 1. The van der Waals surface area contributed by atoms with Gasteiger partial charge in [0.15, 0.2) is 5.78 Å². The first-order valence-corrected chi connectivity index (χ1v) is 26.7. The number of ether oxygens (including phenoxy) is 4. The Morgan fingerprint density at radius 2 is 1.63 bits per heavy atom. The number of para-hydroxylation sites is 3. The number of carboxylic acids is 1. The number of aliphatic imine (C=N–C) groups is 1. The number of fused-ring (bicyclic) bond motifs is 5. The fourth-order valence-electron chi connectivity index (χ4n) is 10.6. The molecule has 22 nitrogen and oxygen atoms in total. The minimum absolute atomic E-state index is 0.00220. The number of imidazole rings is 1. The summed E-state index contributed by atoms with van der Waals surface area (Å²) in [6.45, 7) is 10.8. The number of aromatic nitrogens is 6. The molecule has 7 heterocycles. The Morgan fingerprint density at radius 3 is 2.33 bits per heavy atom. The van der Waals surface area contributed by atoms with Crippen molar-refractivity contribution < 1.29 is 49.0 Å². The van der Waals surface area contributed by atoms with Crippen molar-refractivity contribution in [3.05, 3.63) is 119 Å². The van der Waals surface area contributed by atoms with E-state index in [1.165, 1.54) is 15.4 Å². The van der Waals surface area contributed by atoms with Gasteiger partial charge in [-0.2, -0.15) is 10.2 Å². The molecule has 0 bridgehead atoms. The molecule has 0 radical (unpaired) electrons. The van der Waals surface area contributed by atoms with Crippen LogP contribution in [-0.2, 0) is 25.5 Å². The largest absolute Gasteiger partial charge is 0.478 e. The zero-order valence-corrected chi connectivity index (χ0v) is 44.8. The number of nitrogens with one attached hydrogen (secondary N) is 4. The molecule has 4 fully saturated rings. The third kappa shape index (κ3) is 10.8. The van der Waals surface area contributed by atoms with Crippen molar-refractivity contribution >= 4 is 56.3 Å². The van der Waals surface area contributed by atoms with Crippen LogP contribution in [0.3, 0.4) is 0 Å². The SMILES string of the molecule is CCOc1nc2cccc(C(=O)O)c2n1Cc1ccc(-c2ccccc2-c2nn[nH]n2)cc1.CN[C@@H]1[C@H](O)[C@H](NC)[C@H]2O[C@@]3(O)C(=O)C[C@@H](C)O[C@H]3O[C@@H]2[C@H]1O.Cc1cc2c(s1)Nc1ccccc1N=C2N1CCN(C)CC1. The summed E-state index contributed by atoms with van der Waals surface area (Å²) in [5, 5.41) is 66.0. The average Bonchev–Trinajstić information content (AvgIpc) is 4.29. The fraction of sp³-hybridized carbons (Fsp3) is 0.400. The number of carbonyl (C=O) groups is 2. The molecule has 0 amide bonds. The zero-order valence-electron chi connectivity index (χ0n) is 44.0. The summed E-state index contributed by atoms with van der Waals surface area (Å²) in [5.41, 5.74) is 8.53. The third-order valence-corrected chi connectivity index (χ3v) is 15.5. The molecule has 9 atom stereocenters. The lowest BCUT2D eigenvalue weighted by Gasteiger charge is -2.55. The number of carbonyl (C=O) groups excluding carboxylic acids is 1. The summed E-state index contributed by atoms with van der Waals surface area (Å²) in [6.07, 6.45) is -5.58. The summed E-state index contributed by atoms with van der Waals surface area (Å²) < 4.78 is 24.3. The minimum atomic E-state index is -2.23. The molecule has 23 heteroatoms. The van der Waals surface area contributed by atoms with Gasteiger partial charge in [0, 0.05) is 43.0 Å². The number of aryl methyl sites for hydroxylation is 1. The van der Waals surface area contributed by atoms with E-state index in [1.807, 2.05) is 60.0 Å². The van der Waals surface area contributed by atoms with Crippen LogP contribution < -0.4 is 20.7 Å². The normalized spacial score (nSPS) is 25.6. The highest BCUT2D eigenvalue weighted by Gasteiger charge is 2.63. The number of benzene rings is 4. The molecule has 78 heavy (non-hydrogen) atoms. The van der Waals surface area contributed by atoms with Gasteiger partial charge in [-0.25, -0.2) is 9.79 Å². The number of amidine groups is 1. The van der Waals surface area contributed by atoms with Gasteiger partial charge in [-0.1, -0.05) is 66.7 Å². The number of hydrogen-bond acceptors (Lipinski definition) is 20. The molecule has 7 aromatic rings. The molecule has 4 aromatic carbocycles. The zero-order chi connectivity index (χ0) is 54.8. The number of piperazine rings is 1. The van der Waals surface area contributed by atoms with Crippen LogP contribution in [0.25, 0.3) is 33.5 Å². The van der Waals surface area contributed by atoms with Gasteiger partial charge in [-0.15, -0.1) is 21.5 Å². The number of likely N-dealkylation sites (N-methyl/N-ethyl adjacent to an activating group) is 3. The number of anilines is 2. The van der Waals surface area contributed by atoms with E-state index in [0.29, 0.717) is 36.0 Å². The van der Waals surface area contributed by atoms with E-state index in [-0.39, 0.29) is 12.0 Å². The lowest BCUT2D eigenvalue weighted by molar-refractivity contribution is -0.420. The number of aliphatic hydroxyl groups is 3. The molecule has 0 unspecified atom stereocenters. The van der Waals surface area contributed by atoms with Crippen LogP contribution in [0.4, 0.5) is 16.4 Å². The fourth-order valence-corrected chi connectivity index (χ4v) is 11.5. The van der Waals surface area contributed by atoms with E-state index in [1.54, 1.807) is 50.6 Å². The maximum absolute atomic E-state index is 12.2. The van der Waals surface area contributed by atoms with Crippen LogP contribution in [0.2, 0.25) is 0 Å². The number of hydrogen-bond donors (Lipinski definition) is 8. The van der Waals surface area contributed by atoms with Crippen LogP contribution >= 0.6 is 11.3 Å². The van der Waals surface area contributed by atoms with Crippen molar-refractivity contribution in [2.24, 2.45) is 4.99 Å². The number of aromatic amines is 1. The first kappa shape index (κ1) is 54.3. The Kier molecular flexibility index (Phi) is 16.1. The van der Waals surface area contributed by atoms with Crippen molar-refractivity contribution in [2.45, 2.75) is 88.4 Å². The topological polar surface area (TPSA) is 279 Å². The van der Waals surface area contributed by atoms with Gasteiger partial charge in [-0.05, 0) is 94.1 Å². The van der Waals surface area contributed by atoms with E-state index in [0.717, 1.165) is 65.6 Å². The van der Waals surface area contributed by atoms with E-state index < -0.39 is 66.4 Å². The average molecular weight is 1090 g/mol. The number of Topliss-reactive ketones (excluding diaryl/α,β-unsaturated/α-hetero) is 1. The Bertz CT molecular complexity index is 3270. The van der Waals surface area contributed by atoms with Gasteiger partial charge >= 0.3 is 5.97 Å². The van der Waals surface area contributed by atoms with Crippen LogP contribution in [-0.4, -0.2) is 187 Å². The monoisotopic (exact) mass is 1080 g/mol. The van der Waals surface area contributed by atoms with Crippen molar-refractivity contribution in [1.29, 1.82) is 0 Å². The summed E-state index contributed by atoms with van der Waals surface area (Å²) >= 11 is 1.81. The van der Waals surface area contributed by atoms with Crippen LogP contribution in [0.5, 0.6) is 6.01 Å². The summed E-state index contributed by atoms with van der Waals surface area (Å²) in [4.78, 5) is 39.7. The van der Waals surface area contributed by atoms with Crippen LogP contribution in [0.1, 0.15) is 46.6 Å². The first-order valence-electron chi connectivity index (χ1n) is 25.9. The number of aromatic carboxylic acids is 1. The Balaban J connectivity index is 0.000000136. The molecular formula is C55H64N12O10S. The lowest BCUT2D eigenvalue weighted by atomic mass is 9.80. The van der Waals surface area contributed by atoms with E-state index in [2.05, 4.69) is 95.7 Å². The first-order chi connectivity index (χ1) is 37.7. The number of H-pyrrole nitrogens is 1. The predicted octanol–water partition coefficient (Wildman–Crippen LogP) is 4.54. The highest BCUT2D eigenvalue weighted by molar-refractivity contribution is 7.16. The van der Waals surface area contributed by atoms with Crippen molar-refractivity contribution in [1.82, 2.24) is 50.6 Å². The molecule has 1 saturated carbocycles. The van der Waals surface area contributed by atoms with Crippen molar-refractivity contribution in [3.63, 3.8) is 0 Å². The van der Waals surface area contributed by atoms with Crippen LogP contribution in [0.15, 0.2) is 102 Å². The van der Waals surface area contributed by atoms with E-state index in [4.69, 9.17) is 23.9 Å². The van der Waals surface area contributed by atoms with Gasteiger partial charge in [0.1, 0.15) is 29.1 Å². The summed E-state index contributed by atoms with van der Waals surface area (Å²) in [5.74, 6) is -2.12. The molecule has 12 rings (SSSR count). The highest BCUT2D eigenvalue weighted by atomic mass is 32.1. The molecule has 5 aliphatic rings. The van der Waals surface area contributed by atoms with Crippen molar-refractivity contribution in [2.75, 3.05) is 59.2 Å². The standard InChI is InChI=1S/C24H20N6O3.C17H20N4S.C14H24N2O7/c1-2-33-24-25-20-9-5-8-19(23(31)32)21(20)30(24)14-15-10-12-16(13-11-15)17-6-3-4-7-18(17)22-26-28-29-27-22;1-12-11-13-16(21-9-7-20(2)8-10-21)18-14-5-3-4-6-15(14)19-17(13)22-12;1-5-4-6(17)14(20)13(21-5)22-12-10(19)7(15-2)9(18)8(16-3)11(12)23-14/h3-13H,2,14H2,1H3,(H,31,32)(H,26,27,28,29);3-6,11,19H,7-10H2,1-2H3;5,7-13,15-16,18-20H,4H2,1-3H3/t;;5-,7-,8+,9+,10+,11-,12-,13+,14+/m..1/s1. The molecule has 1 aliphatic carbocycles. The molecule has 3 aromatic heterocycles. The van der Waals surface area contributed by atoms with Crippen LogP contribution in [0, 0.1) is 6.92 Å². The number of thiophene rings is 1. The molecular weight excluding hydrogens is 1020 g/mol. The number of tetrazole rings is 1. The molecule has 8 N–H and O–H groups in total. The highest BCUT2D eigenvalue weighted by Crippen LogP contribution is 2.42. The maximum Gasteiger partial charge on any atom is 0.337 e. The molecule has 3 saturated heterocycles. The minimum Gasteiger partial charge on any atom is -0.478 e. The lowest BCUT2D eigenvalue weighted by Crippen LogP contribution is -2.77. The summed E-state index contributed by atoms with van der Waals surface area (Å²) in [6, 6.07) is 30.6. The number of nitrogens with zero attached hydrogens (tertiary/aromatic N) is 8. The van der Waals surface area contributed by atoms with E-state index in [9.17, 15) is 30.0 Å². The Labute approximate surface area is 454 Å². The Hall–Kier alpha value is -7.03. The predicted molar refractivity (Wildman–Crippen MR) is 292 cm³/mol. The second-order valence-electron chi connectivity index (χ2n) is 19.7. The quantitative estimate of drug-likeness (QED) is 0.0985. The number of rotatable bonds is 9. The van der Waals surface area contributed by atoms with E-state index >= 15 is 0 Å². The van der Waals surface area contributed by atoms with Gasteiger partial charge in [-0.3, -0.25) is 9.36 Å². The van der Waals surface area contributed by atoms with Gasteiger partial charge < -0.3 is 65.1 Å². The number of carboxylic acid groups (broad SMARTS) is 1. The smallest absolute Gasteiger partial charge is 0.337 e. The molecule has 0 spiro atoms. The van der Waals surface area contributed by atoms with Crippen molar-refractivity contribution in [3.8, 4) is 28.5 Å². The summed E-state index contributed by atoms with van der Waals surface area (Å²) in [7, 11) is 5.42. The second-order valence-corrected chi connectivity index (χ2v) is 21.0. The molecule has 410 valence electrons. The van der Waals surface area contributed by atoms with Gasteiger partial charge in [0.25, 0.3) is 11.8 Å². The number of aliphatic hydroxyl groups excluding tert-OH is 2. The van der Waals surface area contributed by atoms with Gasteiger partial charge in [0.05, 0.1) is 71.0 Å². The maximum atomic E-state index is 12.2. The third-order valence-electron chi connectivity index (χ3n) is 14.6. The Morgan fingerprint density at radius 1 is 0.897 bits per heavy atom.